The van der Waals surface area contributed by atoms with Crippen LogP contribution in [0.5, 0.6) is 11.5 Å². The number of halogens is 1. The van der Waals surface area contributed by atoms with Crippen molar-refractivity contribution in [2.75, 3.05) is 25.7 Å². The highest BCUT2D eigenvalue weighted by Crippen LogP contribution is 2.38. The Bertz CT molecular complexity index is 1060. The predicted octanol–water partition coefficient (Wildman–Crippen LogP) is 6.31. The molecule has 3 aromatic rings. The normalized spacial score (nSPS) is 13.3. The molecule has 2 aromatic carbocycles. The number of carbonyl (C=O) groups excluding carboxylic acids is 1. The van der Waals surface area contributed by atoms with Gasteiger partial charge in [0.2, 0.25) is 0 Å². The van der Waals surface area contributed by atoms with Gasteiger partial charge in [0.15, 0.2) is 17.8 Å². The van der Waals surface area contributed by atoms with Crippen LogP contribution >= 0.6 is 11.6 Å². The number of hydrogen-bond donors (Lipinski definition) is 2. The van der Waals surface area contributed by atoms with Gasteiger partial charge in [0.25, 0.3) is 0 Å². The molecule has 33 heavy (non-hydrogen) atoms. The van der Waals surface area contributed by atoms with Crippen LogP contribution in [0.1, 0.15) is 30.3 Å². The van der Waals surface area contributed by atoms with Crippen molar-refractivity contribution in [2.45, 2.75) is 19.8 Å². The summed E-state index contributed by atoms with van der Waals surface area (Å²) in [6.45, 7) is 2.97. The molecule has 1 saturated carbocycles. The molecule has 4 rings (SSSR count). The summed E-state index contributed by atoms with van der Waals surface area (Å²) in [5.41, 5.74) is 3.52. The summed E-state index contributed by atoms with van der Waals surface area (Å²) in [6, 6.07) is 15.0. The zero-order chi connectivity index (χ0) is 23.8. The van der Waals surface area contributed by atoms with Crippen molar-refractivity contribution in [2.24, 2.45) is 11.8 Å². The predicted molar refractivity (Wildman–Crippen MR) is 134 cm³/mol. The second-order valence-electron chi connectivity index (χ2n) is 8.17. The summed E-state index contributed by atoms with van der Waals surface area (Å²) in [5.74, 6) is 2.94. The monoisotopic (exact) mass is 467 g/mol. The first-order valence-corrected chi connectivity index (χ1v) is 11.3. The van der Waals surface area contributed by atoms with Gasteiger partial charge in [-0.1, -0.05) is 30.7 Å². The van der Waals surface area contributed by atoms with E-state index < -0.39 is 0 Å². The molecular formula is C26H30ClN3O3. The summed E-state index contributed by atoms with van der Waals surface area (Å²) < 4.78 is 11.2. The Labute approximate surface area is 200 Å². The summed E-state index contributed by atoms with van der Waals surface area (Å²) in [6.07, 6.45) is 6.53. The molecule has 1 heterocycles. The maximum atomic E-state index is 10.5. The molecule has 174 valence electrons. The first-order valence-electron chi connectivity index (χ1n) is 10.9. The number of nitrogens with zero attached hydrogens (tertiary/aromatic N) is 1. The third kappa shape index (κ3) is 6.86. The number of anilines is 1. The van der Waals surface area contributed by atoms with E-state index in [9.17, 15) is 4.79 Å². The van der Waals surface area contributed by atoms with Crippen molar-refractivity contribution in [3.05, 3.63) is 65.4 Å². The number of benzene rings is 2. The molecule has 0 aliphatic heterocycles. The summed E-state index contributed by atoms with van der Waals surface area (Å²) in [5, 5.41) is 7.96. The molecule has 0 spiro atoms. The molecule has 1 atom stereocenters. The number of methoxy groups -OCH3 is 1. The number of aromatic nitrogens is 1. The lowest BCUT2D eigenvalue weighted by Crippen LogP contribution is -2.14. The van der Waals surface area contributed by atoms with E-state index in [-0.39, 0.29) is 0 Å². The number of hydrogen-bond acceptors (Lipinski definition) is 4. The maximum Gasteiger partial charge on any atom is 0.166 e. The summed E-state index contributed by atoms with van der Waals surface area (Å²) in [4.78, 5) is 15.0. The Balaban J connectivity index is 0.000000194. The van der Waals surface area contributed by atoms with Gasteiger partial charge in [-0.25, -0.2) is 0 Å². The molecule has 0 amide bonds. The molecule has 1 fully saturated rings. The SMILES string of the molecule is COc1cc(N(C)C=N)ccc1OCC(C)C1CC1.O=Cc1cc(-c2ccc(Cl)cc2)c[nH]1. The molecule has 2 N–H and O–H groups in total. The van der Waals surface area contributed by atoms with Crippen molar-refractivity contribution in [1.29, 1.82) is 5.41 Å². The molecule has 0 radical (unpaired) electrons. The van der Waals surface area contributed by atoms with Gasteiger partial charge >= 0.3 is 0 Å². The Morgan fingerprint density at radius 3 is 2.45 bits per heavy atom. The van der Waals surface area contributed by atoms with E-state index in [1.807, 2.05) is 49.5 Å². The number of ether oxygens (including phenoxy) is 2. The van der Waals surface area contributed by atoms with E-state index in [0.29, 0.717) is 22.4 Å². The van der Waals surface area contributed by atoms with Crippen molar-refractivity contribution < 1.29 is 14.3 Å². The Hall–Kier alpha value is -3.25. The van der Waals surface area contributed by atoms with Gasteiger partial charge in [0, 0.05) is 30.0 Å². The maximum absolute atomic E-state index is 10.5. The Morgan fingerprint density at radius 2 is 1.88 bits per heavy atom. The molecule has 6 nitrogen and oxygen atoms in total. The molecule has 1 aliphatic rings. The molecule has 7 heteroatoms. The van der Waals surface area contributed by atoms with E-state index in [2.05, 4.69) is 11.9 Å². The van der Waals surface area contributed by atoms with Crippen molar-refractivity contribution in [3.63, 3.8) is 0 Å². The van der Waals surface area contributed by atoms with Crippen LogP contribution in [-0.4, -0.2) is 38.4 Å². The minimum Gasteiger partial charge on any atom is -0.493 e. The minimum absolute atomic E-state index is 0.579. The van der Waals surface area contributed by atoms with Crippen molar-refractivity contribution in [1.82, 2.24) is 4.98 Å². The van der Waals surface area contributed by atoms with Gasteiger partial charge in [-0.2, -0.15) is 0 Å². The molecule has 1 aromatic heterocycles. The molecule has 0 saturated heterocycles. The molecule has 1 aliphatic carbocycles. The van der Waals surface area contributed by atoms with E-state index in [0.717, 1.165) is 41.4 Å². The molecule has 1 unspecified atom stereocenters. The standard InChI is InChI=1S/C15H22N2O2.C11H8ClNO/c1-11(12-4-5-12)9-19-14-7-6-13(17(2)10-16)8-15(14)18-3;12-10-3-1-8(2-4-10)9-5-11(7-14)13-6-9/h6-8,10-12,16H,4-5,9H2,1-3H3;1-7,13H. The summed E-state index contributed by atoms with van der Waals surface area (Å²) in [7, 11) is 3.47. The minimum atomic E-state index is 0.579. The van der Waals surface area contributed by atoms with Gasteiger partial charge in [-0.15, -0.1) is 0 Å². The second-order valence-corrected chi connectivity index (χ2v) is 8.61. The van der Waals surface area contributed by atoms with Crippen LogP contribution in [0.15, 0.2) is 54.7 Å². The third-order valence-electron chi connectivity index (χ3n) is 5.69. The largest absolute Gasteiger partial charge is 0.493 e. The van der Waals surface area contributed by atoms with Gasteiger partial charge in [0.05, 0.1) is 25.7 Å². The number of carbonyl (C=O) groups is 1. The summed E-state index contributed by atoms with van der Waals surface area (Å²) >= 11 is 5.77. The number of H-pyrrole nitrogens is 1. The average molecular weight is 468 g/mol. The van der Waals surface area contributed by atoms with Gasteiger partial charge in [0.1, 0.15) is 0 Å². The fourth-order valence-corrected chi connectivity index (χ4v) is 3.51. The smallest absolute Gasteiger partial charge is 0.166 e. The fraction of sp³-hybridized carbons (Fsp3) is 0.308. The van der Waals surface area contributed by atoms with E-state index in [1.165, 1.54) is 19.2 Å². The van der Waals surface area contributed by atoms with Crippen LogP contribution in [0.4, 0.5) is 5.69 Å². The number of rotatable bonds is 9. The Kier molecular flexibility index (Phi) is 8.55. The van der Waals surface area contributed by atoms with Crippen molar-refractivity contribution >= 4 is 29.9 Å². The number of aromatic amines is 1. The quantitative estimate of drug-likeness (QED) is 0.219. The number of nitrogens with one attached hydrogen (secondary N) is 2. The second kappa shape index (κ2) is 11.6. The van der Waals surface area contributed by atoms with E-state index in [4.69, 9.17) is 26.5 Å². The zero-order valence-corrected chi connectivity index (χ0v) is 19.9. The Morgan fingerprint density at radius 1 is 1.15 bits per heavy atom. The van der Waals surface area contributed by atoms with Gasteiger partial charge in [-0.05, 0) is 66.1 Å². The number of aldehydes is 1. The van der Waals surface area contributed by atoms with Crippen LogP contribution < -0.4 is 14.4 Å². The highest BCUT2D eigenvalue weighted by atomic mass is 35.5. The van der Waals surface area contributed by atoms with Gasteiger partial charge in [-0.3, -0.25) is 10.2 Å². The van der Waals surface area contributed by atoms with Gasteiger partial charge < -0.3 is 19.4 Å². The molecular weight excluding hydrogens is 438 g/mol. The lowest BCUT2D eigenvalue weighted by molar-refractivity contribution is 0.111. The fourth-order valence-electron chi connectivity index (χ4n) is 3.38. The average Bonchev–Trinajstić information content (AvgIpc) is 3.60. The van der Waals surface area contributed by atoms with Crippen LogP contribution in [0.3, 0.4) is 0 Å². The van der Waals surface area contributed by atoms with Crippen LogP contribution in [0.2, 0.25) is 5.02 Å². The molecule has 0 bridgehead atoms. The first-order chi connectivity index (χ1) is 15.9. The van der Waals surface area contributed by atoms with E-state index in [1.54, 1.807) is 24.3 Å². The van der Waals surface area contributed by atoms with Crippen molar-refractivity contribution in [3.8, 4) is 22.6 Å². The van der Waals surface area contributed by atoms with E-state index >= 15 is 0 Å². The zero-order valence-electron chi connectivity index (χ0n) is 19.2. The lowest BCUT2D eigenvalue weighted by atomic mass is 10.1. The van der Waals surface area contributed by atoms with Crippen LogP contribution in [-0.2, 0) is 0 Å². The van der Waals surface area contributed by atoms with Crippen LogP contribution in [0.25, 0.3) is 11.1 Å². The first kappa shape index (κ1) is 24.4. The topological polar surface area (TPSA) is 78.4 Å². The highest BCUT2D eigenvalue weighted by molar-refractivity contribution is 6.30. The third-order valence-corrected chi connectivity index (χ3v) is 5.94. The van der Waals surface area contributed by atoms with Crippen LogP contribution in [0, 0.1) is 17.2 Å². The highest BCUT2D eigenvalue weighted by Gasteiger charge is 2.28. The lowest BCUT2D eigenvalue weighted by Gasteiger charge is -2.17.